The average Bonchev–Trinajstić information content (AvgIpc) is 1.87. The van der Waals surface area contributed by atoms with Gasteiger partial charge in [-0.1, -0.05) is 6.92 Å². The van der Waals surface area contributed by atoms with E-state index in [0.29, 0.717) is 0 Å². The summed E-state index contributed by atoms with van der Waals surface area (Å²) in [5.41, 5.74) is 0.00993. The van der Waals surface area contributed by atoms with Gasteiger partial charge in [-0.15, -0.1) is 0 Å². The summed E-state index contributed by atoms with van der Waals surface area (Å²) in [5, 5.41) is 15.4. The van der Waals surface area contributed by atoms with E-state index in [0.717, 1.165) is 26.1 Å². The Kier molecular flexibility index (Phi) is 2.65. The zero-order chi connectivity index (χ0) is 7.45. The Morgan fingerprint density at radius 2 is 2.30 bits per heavy atom. The maximum Gasteiger partial charge on any atom is 0.0666 e. The van der Waals surface area contributed by atoms with Crippen molar-refractivity contribution in [1.29, 1.82) is 0 Å². The van der Waals surface area contributed by atoms with Gasteiger partial charge in [0.15, 0.2) is 0 Å². The van der Waals surface area contributed by atoms with Crippen LogP contribution in [0.3, 0.4) is 0 Å². The number of nitrogens with one attached hydrogen (secondary N) is 2. The molecular formula is C7H16N2O. The van der Waals surface area contributed by atoms with Crippen molar-refractivity contribution in [2.75, 3.05) is 26.2 Å². The summed E-state index contributed by atoms with van der Waals surface area (Å²) in [7, 11) is 0. The SMILES string of the molecule is CCCNC1(CO)CNC1. The molecule has 3 N–H and O–H groups in total. The predicted octanol–water partition coefficient (Wildman–Crippen LogP) is -0.680. The number of aliphatic hydroxyl groups excluding tert-OH is 1. The summed E-state index contributed by atoms with van der Waals surface area (Å²) < 4.78 is 0. The molecule has 0 saturated carbocycles. The van der Waals surface area contributed by atoms with Crippen LogP contribution in [-0.2, 0) is 0 Å². The summed E-state index contributed by atoms with van der Waals surface area (Å²) in [6.07, 6.45) is 1.13. The molecule has 1 rings (SSSR count). The Bertz CT molecular complexity index is 96.3. The van der Waals surface area contributed by atoms with Crippen LogP contribution in [0.15, 0.2) is 0 Å². The minimum atomic E-state index is 0.00993. The van der Waals surface area contributed by atoms with Crippen molar-refractivity contribution < 1.29 is 5.11 Å². The van der Waals surface area contributed by atoms with Crippen LogP contribution in [0.25, 0.3) is 0 Å². The maximum absolute atomic E-state index is 8.96. The van der Waals surface area contributed by atoms with E-state index in [4.69, 9.17) is 5.11 Å². The molecule has 0 bridgehead atoms. The summed E-state index contributed by atoms with van der Waals surface area (Å²) in [6.45, 7) is 5.19. The lowest BCUT2D eigenvalue weighted by Gasteiger charge is -2.42. The fourth-order valence-corrected chi connectivity index (χ4v) is 1.11. The monoisotopic (exact) mass is 144 g/mol. The zero-order valence-corrected chi connectivity index (χ0v) is 6.48. The quantitative estimate of drug-likeness (QED) is 0.490. The molecule has 3 heteroatoms. The van der Waals surface area contributed by atoms with Gasteiger partial charge in [-0.3, -0.25) is 0 Å². The highest BCUT2D eigenvalue weighted by Crippen LogP contribution is 2.08. The largest absolute Gasteiger partial charge is 0.394 e. The number of rotatable bonds is 4. The van der Waals surface area contributed by atoms with E-state index in [1.54, 1.807) is 0 Å². The molecule has 0 amide bonds. The topological polar surface area (TPSA) is 44.3 Å². The summed E-state index contributed by atoms with van der Waals surface area (Å²) in [5.74, 6) is 0. The highest BCUT2D eigenvalue weighted by Gasteiger charge is 2.34. The first-order chi connectivity index (χ1) is 4.83. The van der Waals surface area contributed by atoms with E-state index in [1.165, 1.54) is 0 Å². The minimum absolute atomic E-state index is 0.00993. The Labute approximate surface area is 61.8 Å². The van der Waals surface area contributed by atoms with Gasteiger partial charge in [0.05, 0.1) is 12.1 Å². The Morgan fingerprint density at radius 1 is 1.60 bits per heavy atom. The smallest absolute Gasteiger partial charge is 0.0666 e. The third-order valence-electron chi connectivity index (χ3n) is 1.98. The van der Waals surface area contributed by atoms with Crippen LogP contribution in [0.1, 0.15) is 13.3 Å². The lowest BCUT2D eigenvalue weighted by molar-refractivity contribution is 0.110. The molecule has 1 aliphatic heterocycles. The standard InChI is InChI=1S/C7H16N2O/c1-2-3-9-7(6-10)4-8-5-7/h8-10H,2-6H2,1H3. The highest BCUT2D eigenvalue weighted by atomic mass is 16.3. The van der Waals surface area contributed by atoms with Crippen molar-refractivity contribution in [1.82, 2.24) is 10.6 Å². The van der Waals surface area contributed by atoms with Crippen LogP contribution in [0, 0.1) is 0 Å². The van der Waals surface area contributed by atoms with Crippen molar-refractivity contribution in [2.45, 2.75) is 18.9 Å². The third kappa shape index (κ3) is 1.48. The molecule has 0 radical (unpaired) electrons. The number of hydrogen-bond acceptors (Lipinski definition) is 3. The molecule has 0 aromatic rings. The van der Waals surface area contributed by atoms with Crippen LogP contribution in [0.4, 0.5) is 0 Å². The fraction of sp³-hybridized carbons (Fsp3) is 1.00. The molecule has 0 aromatic carbocycles. The van der Waals surface area contributed by atoms with E-state index in [2.05, 4.69) is 17.6 Å². The van der Waals surface area contributed by atoms with Gasteiger partial charge in [-0.05, 0) is 13.0 Å². The number of aliphatic hydroxyl groups is 1. The maximum atomic E-state index is 8.96. The van der Waals surface area contributed by atoms with Gasteiger partial charge in [0.25, 0.3) is 0 Å². The highest BCUT2D eigenvalue weighted by molar-refractivity contribution is 4.99. The van der Waals surface area contributed by atoms with Crippen molar-refractivity contribution in [3.63, 3.8) is 0 Å². The van der Waals surface area contributed by atoms with Gasteiger partial charge in [-0.2, -0.15) is 0 Å². The average molecular weight is 144 g/mol. The van der Waals surface area contributed by atoms with Gasteiger partial charge in [-0.25, -0.2) is 0 Å². The molecule has 1 saturated heterocycles. The van der Waals surface area contributed by atoms with Crippen molar-refractivity contribution in [3.05, 3.63) is 0 Å². The van der Waals surface area contributed by atoms with Crippen molar-refractivity contribution in [3.8, 4) is 0 Å². The normalized spacial score (nSPS) is 22.2. The summed E-state index contributed by atoms with van der Waals surface area (Å²) in [6, 6.07) is 0. The molecule has 1 fully saturated rings. The molecule has 1 heterocycles. The van der Waals surface area contributed by atoms with Gasteiger partial charge >= 0.3 is 0 Å². The zero-order valence-electron chi connectivity index (χ0n) is 6.48. The van der Waals surface area contributed by atoms with Gasteiger partial charge in [0.1, 0.15) is 0 Å². The Morgan fingerprint density at radius 3 is 2.60 bits per heavy atom. The molecule has 3 nitrogen and oxygen atoms in total. The van der Waals surface area contributed by atoms with E-state index < -0.39 is 0 Å². The molecular weight excluding hydrogens is 128 g/mol. The van der Waals surface area contributed by atoms with Crippen LogP contribution < -0.4 is 10.6 Å². The van der Waals surface area contributed by atoms with E-state index in [1.807, 2.05) is 0 Å². The van der Waals surface area contributed by atoms with Gasteiger partial charge < -0.3 is 15.7 Å². The van der Waals surface area contributed by atoms with Crippen LogP contribution in [-0.4, -0.2) is 36.9 Å². The molecule has 0 unspecified atom stereocenters. The lowest BCUT2D eigenvalue weighted by Crippen LogP contribution is -2.69. The lowest BCUT2D eigenvalue weighted by atomic mass is 9.93. The molecule has 0 aromatic heterocycles. The molecule has 1 aliphatic rings. The van der Waals surface area contributed by atoms with E-state index in [-0.39, 0.29) is 12.1 Å². The molecule has 60 valence electrons. The third-order valence-corrected chi connectivity index (χ3v) is 1.98. The Hall–Kier alpha value is -0.120. The first kappa shape index (κ1) is 7.98. The summed E-state index contributed by atoms with van der Waals surface area (Å²) >= 11 is 0. The second-order valence-electron chi connectivity index (χ2n) is 2.97. The van der Waals surface area contributed by atoms with Crippen molar-refractivity contribution >= 4 is 0 Å². The van der Waals surface area contributed by atoms with E-state index in [9.17, 15) is 0 Å². The molecule has 0 spiro atoms. The predicted molar refractivity (Wildman–Crippen MR) is 41.0 cm³/mol. The van der Waals surface area contributed by atoms with E-state index >= 15 is 0 Å². The first-order valence-electron chi connectivity index (χ1n) is 3.89. The molecule has 10 heavy (non-hydrogen) atoms. The number of hydrogen-bond donors (Lipinski definition) is 3. The van der Waals surface area contributed by atoms with Gasteiger partial charge in [0.2, 0.25) is 0 Å². The van der Waals surface area contributed by atoms with Crippen LogP contribution in [0.2, 0.25) is 0 Å². The van der Waals surface area contributed by atoms with Crippen LogP contribution >= 0.6 is 0 Å². The fourth-order valence-electron chi connectivity index (χ4n) is 1.11. The van der Waals surface area contributed by atoms with Gasteiger partial charge in [0, 0.05) is 13.1 Å². The van der Waals surface area contributed by atoms with Crippen LogP contribution in [0.5, 0.6) is 0 Å². The molecule has 0 aliphatic carbocycles. The second-order valence-corrected chi connectivity index (χ2v) is 2.97. The molecule has 0 atom stereocenters. The minimum Gasteiger partial charge on any atom is -0.394 e. The second kappa shape index (κ2) is 3.32. The Balaban J connectivity index is 2.20. The van der Waals surface area contributed by atoms with Crippen molar-refractivity contribution in [2.24, 2.45) is 0 Å². The first-order valence-corrected chi connectivity index (χ1v) is 3.89. The summed E-state index contributed by atoms with van der Waals surface area (Å²) in [4.78, 5) is 0.